The summed E-state index contributed by atoms with van der Waals surface area (Å²) >= 11 is 1.37. The third-order valence-electron chi connectivity index (χ3n) is 3.01. The first kappa shape index (κ1) is 13.8. The molecule has 0 atom stereocenters. The quantitative estimate of drug-likeness (QED) is 0.637. The minimum Gasteiger partial charge on any atom is -0.298 e. The highest BCUT2D eigenvalue weighted by molar-refractivity contribution is 7.21. The molecule has 0 fully saturated rings. The van der Waals surface area contributed by atoms with E-state index in [2.05, 4.69) is 4.98 Å². The van der Waals surface area contributed by atoms with Gasteiger partial charge in [-0.1, -0.05) is 18.2 Å². The number of nitrogens with zero attached hydrogens (tertiary/aromatic N) is 1. The van der Waals surface area contributed by atoms with Gasteiger partial charge in [0.05, 0.1) is 15.8 Å². The fourth-order valence-electron chi connectivity index (χ4n) is 1.94. The molecule has 2 nitrogen and oxygen atoms in total. The van der Waals surface area contributed by atoms with Gasteiger partial charge in [0.15, 0.2) is 0 Å². The maximum absolute atomic E-state index is 12.5. The molecular weight excluding hydrogens is 299 g/mol. The SMILES string of the molecule is O=Cc1ccc2sc(-c3ccc(C(F)(F)F)cc3)nc2c1. The van der Waals surface area contributed by atoms with E-state index in [1.54, 1.807) is 18.2 Å². The van der Waals surface area contributed by atoms with Crippen LogP contribution in [-0.2, 0) is 6.18 Å². The van der Waals surface area contributed by atoms with Crippen LogP contribution in [0.3, 0.4) is 0 Å². The van der Waals surface area contributed by atoms with Crippen LogP contribution in [0.1, 0.15) is 15.9 Å². The Morgan fingerprint density at radius 2 is 1.76 bits per heavy atom. The first-order valence-electron chi connectivity index (χ1n) is 6.01. The molecule has 1 heterocycles. The van der Waals surface area contributed by atoms with E-state index in [4.69, 9.17) is 0 Å². The summed E-state index contributed by atoms with van der Waals surface area (Å²) in [5, 5.41) is 0.627. The number of hydrogen-bond donors (Lipinski definition) is 0. The lowest BCUT2D eigenvalue weighted by atomic mass is 10.1. The summed E-state index contributed by atoms with van der Waals surface area (Å²) in [6.45, 7) is 0. The molecule has 0 aliphatic rings. The second-order valence-electron chi connectivity index (χ2n) is 4.44. The first-order chi connectivity index (χ1) is 9.97. The van der Waals surface area contributed by atoms with Crippen molar-refractivity contribution in [1.29, 1.82) is 0 Å². The fourth-order valence-corrected chi connectivity index (χ4v) is 2.89. The van der Waals surface area contributed by atoms with E-state index in [1.807, 2.05) is 0 Å². The molecule has 3 rings (SSSR count). The molecule has 1 aromatic heterocycles. The van der Waals surface area contributed by atoms with Crippen LogP contribution in [-0.4, -0.2) is 11.3 Å². The van der Waals surface area contributed by atoms with Gasteiger partial charge in [-0.3, -0.25) is 4.79 Å². The van der Waals surface area contributed by atoms with Crippen molar-refractivity contribution in [3.05, 3.63) is 53.6 Å². The number of halogens is 3. The van der Waals surface area contributed by atoms with Crippen molar-refractivity contribution in [2.24, 2.45) is 0 Å². The maximum atomic E-state index is 12.5. The lowest BCUT2D eigenvalue weighted by Gasteiger charge is -2.06. The number of benzene rings is 2. The number of carbonyl (C=O) groups excluding carboxylic acids is 1. The molecule has 0 spiro atoms. The third-order valence-corrected chi connectivity index (χ3v) is 4.09. The highest BCUT2D eigenvalue weighted by atomic mass is 32.1. The summed E-state index contributed by atoms with van der Waals surface area (Å²) in [6, 6.07) is 10.0. The van der Waals surface area contributed by atoms with Crippen molar-refractivity contribution in [3.8, 4) is 10.6 Å². The van der Waals surface area contributed by atoms with E-state index in [9.17, 15) is 18.0 Å². The predicted molar refractivity (Wildman–Crippen MR) is 75.4 cm³/mol. The second-order valence-corrected chi connectivity index (χ2v) is 5.47. The molecule has 0 N–H and O–H groups in total. The zero-order valence-electron chi connectivity index (χ0n) is 10.5. The molecule has 0 saturated carbocycles. The van der Waals surface area contributed by atoms with Crippen LogP contribution < -0.4 is 0 Å². The Bertz CT molecular complexity index is 806. The largest absolute Gasteiger partial charge is 0.416 e. The van der Waals surface area contributed by atoms with Gasteiger partial charge in [0, 0.05) is 11.1 Å². The number of aromatic nitrogens is 1. The van der Waals surface area contributed by atoms with Gasteiger partial charge in [-0.05, 0) is 24.3 Å². The standard InChI is InChI=1S/C15H8F3NOS/c16-15(17,18)11-4-2-10(3-5-11)14-19-12-7-9(8-20)1-6-13(12)21-14/h1-8H. The van der Waals surface area contributed by atoms with Crippen molar-refractivity contribution in [3.63, 3.8) is 0 Å². The van der Waals surface area contributed by atoms with Crippen LogP contribution in [0.4, 0.5) is 13.2 Å². The van der Waals surface area contributed by atoms with Gasteiger partial charge in [0.25, 0.3) is 0 Å². The van der Waals surface area contributed by atoms with Crippen LogP contribution in [0.25, 0.3) is 20.8 Å². The second kappa shape index (κ2) is 4.96. The van der Waals surface area contributed by atoms with E-state index >= 15 is 0 Å². The molecule has 0 bridgehead atoms. The van der Waals surface area contributed by atoms with Crippen molar-refractivity contribution >= 4 is 27.8 Å². The number of rotatable bonds is 2. The fraction of sp³-hybridized carbons (Fsp3) is 0.0667. The van der Waals surface area contributed by atoms with Crippen LogP contribution in [0, 0.1) is 0 Å². The monoisotopic (exact) mass is 307 g/mol. The molecule has 0 radical (unpaired) electrons. The number of carbonyl (C=O) groups is 1. The lowest BCUT2D eigenvalue weighted by Crippen LogP contribution is -2.03. The molecule has 0 amide bonds. The van der Waals surface area contributed by atoms with Crippen molar-refractivity contribution in [2.45, 2.75) is 6.18 Å². The van der Waals surface area contributed by atoms with Crippen LogP contribution >= 0.6 is 11.3 Å². The van der Waals surface area contributed by atoms with E-state index in [0.29, 0.717) is 21.7 Å². The zero-order chi connectivity index (χ0) is 15.0. The smallest absolute Gasteiger partial charge is 0.298 e. The normalized spacial score (nSPS) is 11.8. The summed E-state index contributed by atoms with van der Waals surface area (Å²) < 4.78 is 38.5. The number of fused-ring (bicyclic) bond motifs is 1. The van der Waals surface area contributed by atoms with Crippen molar-refractivity contribution in [1.82, 2.24) is 4.98 Å². The van der Waals surface area contributed by atoms with Crippen LogP contribution in [0.5, 0.6) is 0 Å². The number of thiazole rings is 1. The Balaban J connectivity index is 2.02. The van der Waals surface area contributed by atoms with Gasteiger partial charge in [-0.15, -0.1) is 11.3 Å². The number of alkyl halides is 3. The number of aldehydes is 1. The molecule has 21 heavy (non-hydrogen) atoms. The minimum atomic E-state index is -4.34. The highest BCUT2D eigenvalue weighted by Gasteiger charge is 2.30. The summed E-state index contributed by atoms with van der Waals surface area (Å²) in [4.78, 5) is 15.1. The van der Waals surface area contributed by atoms with Crippen molar-refractivity contribution < 1.29 is 18.0 Å². The maximum Gasteiger partial charge on any atom is 0.416 e. The van der Waals surface area contributed by atoms with Gasteiger partial charge >= 0.3 is 6.18 Å². The average molecular weight is 307 g/mol. The van der Waals surface area contributed by atoms with Gasteiger partial charge in [-0.25, -0.2) is 4.98 Å². The summed E-state index contributed by atoms with van der Waals surface area (Å²) in [6.07, 6.45) is -3.61. The molecule has 0 aliphatic carbocycles. The molecule has 6 heteroatoms. The summed E-state index contributed by atoms with van der Waals surface area (Å²) in [7, 11) is 0. The van der Waals surface area contributed by atoms with E-state index < -0.39 is 11.7 Å². The van der Waals surface area contributed by atoms with Gasteiger partial charge in [-0.2, -0.15) is 13.2 Å². The Morgan fingerprint density at radius 1 is 1.05 bits per heavy atom. The van der Waals surface area contributed by atoms with E-state index in [-0.39, 0.29) is 0 Å². The third kappa shape index (κ3) is 2.67. The lowest BCUT2D eigenvalue weighted by molar-refractivity contribution is -0.137. The minimum absolute atomic E-state index is 0.520. The zero-order valence-corrected chi connectivity index (χ0v) is 11.3. The molecule has 2 aromatic carbocycles. The highest BCUT2D eigenvalue weighted by Crippen LogP contribution is 2.33. The van der Waals surface area contributed by atoms with Gasteiger partial charge in [0.2, 0.25) is 0 Å². The molecule has 0 aliphatic heterocycles. The summed E-state index contributed by atoms with van der Waals surface area (Å²) in [5.74, 6) is 0. The molecule has 0 unspecified atom stereocenters. The number of hydrogen-bond acceptors (Lipinski definition) is 3. The topological polar surface area (TPSA) is 30.0 Å². The molecule has 106 valence electrons. The van der Waals surface area contributed by atoms with Crippen LogP contribution in [0.15, 0.2) is 42.5 Å². The molecular formula is C15H8F3NOS. The predicted octanol–water partition coefficient (Wildman–Crippen LogP) is 4.79. The van der Waals surface area contributed by atoms with Gasteiger partial charge < -0.3 is 0 Å². The molecule has 3 aromatic rings. The summed E-state index contributed by atoms with van der Waals surface area (Å²) in [5.41, 5.74) is 1.12. The molecule has 0 saturated heterocycles. The van der Waals surface area contributed by atoms with E-state index in [0.717, 1.165) is 23.1 Å². The Hall–Kier alpha value is -2.21. The van der Waals surface area contributed by atoms with E-state index in [1.165, 1.54) is 23.5 Å². The van der Waals surface area contributed by atoms with Gasteiger partial charge in [0.1, 0.15) is 11.3 Å². The average Bonchev–Trinajstić information content (AvgIpc) is 2.89. The Morgan fingerprint density at radius 3 is 2.38 bits per heavy atom. The van der Waals surface area contributed by atoms with Crippen LogP contribution in [0.2, 0.25) is 0 Å². The first-order valence-corrected chi connectivity index (χ1v) is 6.82. The Kier molecular flexibility index (Phi) is 3.25. The van der Waals surface area contributed by atoms with Crippen molar-refractivity contribution in [2.75, 3.05) is 0 Å². The Labute approximate surface area is 121 Å².